The SMILES string of the molecule is Cc1cnc(Cl)nc1N1CCC(C)CC1. The molecule has 15 heavy (non-hydrogen) atoms. The Morgan fingerprint density at radius 3 is 2.73 bits per heavy atom. The molecule has 1 fully saturated rings. The number of anilines is 1. The van der Waals surface area contributed by atoms with Crippen LogP contribution in [0.5, 0.6) is 0 Å². The van der Waals surface area contributed by atoms with Crippen LogP contribution in [0, 0.1) is 12.8 Å². The van der Waals surface area contributed by atoms with Crippen LogP contribution in [-0.2, 0) is 0 Å². The third kappa shape index (κ3) is 2.40. The van der Waals surface area contributed by atoms with Crippen molar-refractivity contribution in [2.24, 2.45) is 5.92 Å². The number of hydrogen-bond donors (Lipinski definition) is 0. The highest BCUT2D eigenvalue weighted by Crippen LogP contribution is 2.24. The fraction of sp³-hybridized carbons (Fsp3) is 0.636. The second kappa shape index (κ2) is 4.35. The Bertz CT molecular complexity index is 346. The molecule has 82 valence electrons. The van der Waals surface area contributed by atoms with Gasteiger partial charge in [0.25, 0.3) is 0 Å². The smallest absolute Gasteiger partial charge is 0.224 e. The number of rotatable bonds is 1. The molecule has 0 spiro atoms. The largest absolute Gasteiger partial charge is 0.356 e. The van der Waals surface area contributed by atoms with Gasteiger partial charge in [-0.25, -0.2) is 9.97 Å². The van der Waals surface area contributed by atoms with Crippen molar-refractivity contribution in [3.05, 3.63) is 17.0 Å². The van der Waals surface area contributed by atoms with Crippen LogP contribution >= 0.6 is 11.6 Å². The number of aryl methyl sites for hydroxylation is 1. The lowest BCUT2D eigenvalue weighted by Gasteiger charge is -2.31. The van der Waals surface area contributed by atoms with Crippen molar-refractivity contribution in [2.45, 2.75) is 26.7 Å². The molecule has 0 aliphatic carbocycles. The molecule has 1 aliphatic heterocycles. The maximum atomic E-state index is 5.82. The van der Waals surface area contributed by atoms with Gasteiger partial charge in [0.15, 0.2) is 0 Å². The van der Waals surface area contributed by atoms with E-state index in [4.69, 9.17) is 11.6 Å². The highest BCUT2D eigenvalue weighted by Gasteiger charge is 2.18. The van der Waals surface area contributed by atoms with Gasteiger partial charge < -0.3 is 4.90 Å². The van der Waals surface area contributed by atoms with Gasteiger partial charge in [-0.3, -0.25) is 0 Å². The first-order valence-electron chi connectivity index (χ1n) is 5.41. The van der Waals surface area contributed by atoms with Crippen LogP contribution in [0.4, 0.5) is 5.82 Å². The summed E-state index contributed by atoms with van der Waals surface area (Å²) in [5.41, 5.74) is 1.11. The van der Waals surface area contributed by atoms with Gasteiger partial charge in [-0.1, -0.05) is 6.92 Å². The van der Waals surface area contributed by atoms with E-state index < -0.39 is 0 Å². The maximum absolute atomic E-state index is 5.82. The Morgan fingerprint density at radius 1 is 1.40 bits per heavy atom. The van der Waals surface area contributed by atoms with E-state index in [1.165, 1.54) is 12.8 Å². The first-order chi connectivity index (χ1) is 7.16. The molecule has 2 heterocycles. The molecule has 0 unspecified atom stereocenters. The number of hydrogen-bond acceptors (Lipinski definition) is 3. The molecule has 1 aliphatic rings. The molecule has 0 N–H and O–H groups in total. The summed E-state index contributed by atoms with van der Waals surface area (Å²) in [6.07, 6.45) is 4.27. The molecule has 1 saturated heterocycles. The maximum Gasteiger partial charge on any atom is 0.224 e. The number of aromatic nitrogens is 2. The van der Waals surface area contributed by atoms with Crippen LogP contribution in [0.1, 0.15) is 25.3 Å². The highest BCUT2D eigenvalue weighted by molar-refractivity contribution is 6.28. The zero-order valence-corrected chi connectivity index (χ0v) is 9.96. The normalized spacial score (nSPS) is 18.2. The third-order valence-electron chi connectivity index (χ3n) is 3.00. The van der Waals surface area contributed by atoms with Gasteiger partial charge in [0, 0.05) is 24.8 Å². The summed E-state index contributed by atoms with van der Waals surface area (Å²) in [4.78, 5) is 10.6. The van der Waals surface area contributed by atoms with Gasteiger partial charge in [-0.2, -0.15) is 0 Å². The van der Waals surface area contributed by atoms with Crippen molar-refractivity contribution in [2.75, 3.05) is 18.0 Å². The Balaban J connectivity index is 2.18. The molecule has 0 atom stereocenters. The van der Waals surface area contributed by atoms with E-state index in [1.54, 1.807) is 6.20 Å². The van der Waals surface area contributed by atoms with Crippen LogP contribution in [0.3, 0.4) is 0 Å². The summed E-state index contributed by atoms with van der Waals surface area (Å²) >= 11 is 5.82. The molecular formula is C11H16ClN3. The summed E-state index contributed by atoms with van der Waals surface area (Å²) in [5.74, 6) is 1.83. The number of piperidine rings is 1. The first kappa shape index (κ1) is 10.7. The first-order valence-corrected chi connectivity index (χ1v) is 5.78. The minimum absolute atomic E-state index is 0.342. The van der Waals surface area contributed by atoms with E-state index in [1.807, 2.05) is 6.92 Å². The molecule has 4 heteroatoms. The lowest BCUT2D eigenvalue weighted by Crippen LogP contribution is -2.34. The Morgan fingerprint density at radius 2 is 2.07 bits per heavy atom. The second-order valence-corrected chi connectivity index (χ2v) is 4.65. The lowest BCUT2D eigenvalue weighted by molar-refractivity contribution is 0.436. The third-order valence-corrected chi connectivity index (χ3v) is 3.18. The van der Waals surface area contributed by atoms with E-state index in [0.717, 1.165) is 30.4 Å². The minimum atomic E-state index is 0.342. The van der Waals surface area contributed by atoms with Crippen LogP contribution in [0.2, 0.25) is 5.28 Å². The van der Waals surface area contributed by atoms with Gasteiger partial charge in [-0.05, 0) is 37.3 Å². The second-order valence-electron chi connectivity index (χ2n) is 4.32. The topological polar surface area (TPSA) is 29.0 Å². The molecule has 0 aromatic carbocycles. The van der Waals surface area contributed by atoms with E-state index in [-0.39, 0.29) is 0 Å². The summed E-state index contributed by atoms with van der Waals surface area (Å²) in [7, 11) is 0. The van der Waals surface area contributed by atoms with E-state index in [9.17, 15) is 0 Å². The predicted octanol–water partition coefficient (Wildman–Crippen LogP) is 2.67. The molecular weight excluding hydrogens is 210 g/mol. The average molecular weight is 226 g/mol. The van der Waals surface area contributed by atoms with Crippen molar-refractivity contribution in [1.29, 1.82) is 0 Å². The van der Waals surface area contributed by atoms with Crippen molar-refractivity contribution < 1.29 is 0 Å². The zero-order valence-electron chi connectivity index (χ0n) is 9.20. The van der Waals surface area contributed by atoms with Gasteiger partial charge >= 0.3 is 0 Å². The van der Waals surface area contributed by atoms with E-state index in [2.05, 4.69) is 21.8 Å². The lowest BCUT2D eigenvalue weighted by atomic mass is 9.99. The summed E-state index contributed by atoms with van der Waals surface area (Å²) < 4.78 is 0. The quantitative estimate of drug-likeness (QED) is 0.689. The van der Waals surface area contributed by atoms with Crippen molar-refractivity contribution in [3.63, 3.8) is 0 Å². The minimum Gasteiger partial charge on any atom is -0.356 e. The Kier molecular flexibility index (Phi) is 3.10. The summed E-state index contributed by atoms with van der Waals surface area (Å²) in [6, 6.07) is 0. The van der Waals surface area contributed by atoms with Gasteiger partial charge in [0.1, 0.15) is 5.82 Å². The van der Waals surface area contributed by atoms with Crippen LogP contribution in [0.25, 0.3) is 0 Å². The van der Waals surface area contributed by atoms with Gasteiger partial charge in [-0.15, -0.1) is 0 Å². The molecule has 0 bridgehead atoms. The molecule has 0 saturated carbocycles. The standard InChI is InChI=1S/C11H16ClN3/c1-8-3-5-15(6-4-8)10-9(2)7-13-11(12)14-10/h7-8H,3-6H2,1-2H3. The molecule has 2 rings (SSSR count). The van der Waals surface area contributed by atoms with Gasteiger partial charge in [0.2, 0.25) is 5.28 Å². The Labute approximate surface area is 95.5 Å². The number of nitrogens with zero attached hydrogens (tertiary/aromatic N) is 3. The highest BCUT2D eigenvalue weighted by atomic mass is 35.5. The zero-order chi connectivity index (χ0) is 10.8. The average Bonchev–Trinajstić information content (AvgIpc) is 2.23. The predicted molar refractivity (Wildman–Crippen MR) is 62.4 cm³/mol. The van der Waals surface area contributed by atoms with Crippen molar-refractivity contribution in [3.8, 4) is 0 Å². The van der Waals surface area contributed by atoms with Crippen LogP contribution in [0.15, 0.2) is 6.20 Å². The number of halogens is 1. The summed E-state index contributed by atoms with van der Waals surface area (Å²) in [6.45, 7) is 6.49. The molecule has 1 aromatic rings. The van der Waals surface area contributed by atoms with Crippen molar-refractivity contribution in [1.82, 2.24) is 9.97 Å². The Hall–Kier alpha value is -0.830. The fourth-order valence-electron chi connectivity index (χ4n) is 1.95. The van der Waals surface area contributed by atoms with Gasteiger partial charge in [0.05, 0.1) is 0 Å². The molecule has 0 amide bonds. The molecule has 0 radical (unpaired) electrons. The summed E-state index contributed by atoms with van der Waals surface area (Å²) in [5, 5.41) is 0.342. The van der Waals surface area contributed by atoms with Crippen LogP contribution in [-0.4, -0.2) is 23.1 Å². The van der Waals surface area contributed by atoms with E-state index >= 15 is 0 Å². The fourth-order valence-corrected chi connectivity index (χ4v) is 2.08. The van der Waals surface area contributed by atoms with E-state index in [0.29, 0.717) is 5.28 Å². The van der Waals surface area contributed by atoms with Crippen LogP contribution < -0.4 is 4.90 Å². The molecule has 3 nitrogen and oxygen atoms in total. The molecule has 1 aromatic heterocycles. The monoisotopic (exact) mass is 225 g/mol. The van der Waals surface area contributed by atoms with Crippen molar-refractivity contribution >= 4 is 17.4 Å².